The number of hydrogen-bond acceptors (Lipinski definition) is 6. The second-order valence-corrected chi connectivity index (χ2v) is 6.10. The number of ether oxygens (including phenoxy) is 1. The molecule has 27 heavy (non-hydrogen) atoms. The molecular formula is C19H20N4O4. The fourth-order valence-electron chi connectivity index (χ4n) is 2.77. The van der Waals surface area contributed by atoms with Gasteiger partial charge in [-0.15, -0.1) is 0 Å². The van der Waals surface area contributed by atoms with Crippen LogP contribution in [0.5, 0.6) is 0 Å². The van der Waals surface area contributed by atoms with Crippen LogP contribution in [0.4, 0.5) is 5.69 Å². The van der Waals surface area contributed by atoms with Crippen molar-refractivity contribution in [1.82, 2.24) is 10.3 Å². The Morgan fingerprint density at radius 1 is 1.19 bits per heavy atom. The number of amides is 1. The van der Waals surface area contributed by atoms with E-state index < -0.39 is 4.92 Å². The van der Waals surface area contributed by atoms with Gasteiger partial charge in [-0.1, -0.05) is 24.3 Å². The van der Waals surface area contributed by atoms with E-state index >= 15 is 0 Å². The highest BCUT2D eigenvalue weighted by Gasteiger charge is 2.12. The molecule has 1 fully saturated rings. The first-order valence-electron chi connectivity index (χ1n) is 8.59. The summed E-state index contributed by atoms with van der Waals surface area (Å²) in [6.07, 6.45) is 1.27. The first-order valence-corrected chi connectivity index (χ1v) is 8.59. The Kier molecular flexibility index (Phi) is 6.24. The minimum absolute atomic E-state index is 0.0667. The molecule has 8 heteroatoms. The van der Waals surface area contributed by atoms with Crippen molar-refractivity contribution in [2.24, 2.45) is 5.10 Å². The van der Waals surface area contributed by atoms with Gasteiger partial charge < -0.3 is 4.74 Å². The predicted octanol–water partition coefficient (Wildman–Crippen LogP) is 2.19. The lowest BCUT2D eigenvalue weighted by molar-refractivity contribution is -0.385. The summed E-state index contributed by atoms with van der Waals surface area (Å²) in [7, 11) is 0. The third-order valence-corrected chi connectivity index (χ3v) is 4.23. The molecule has 140 valence electrons. The van der Waals surface area contributed by atoms with Crippen LogP contribution in [-0.4, -0.2) is 48.2 Å². The molecule has 8 nitrogen and oxygen atoms in total. The second kappa shape index (κ2) is 9.02. The molecule has 0 radical (unpaired) electrons. The topological polar surface area (TPSA) is 97.1 Å². The van der Waals surface area contributed by atoms with Crippen LogP contribution >= 0.6 is 0 Å². The number of carbonyl (C=O) groups excluding carboxylic acids is 1. The molecule has 1 aliphatic rings. The lowest BCUT2D eigenvalue weighted by atomic mass is 10.1. The first-order chi connectivity index (χ1) is 13.1. The zero-order valence-corrected chi connectivity index (χ0v) is 14.7. The van der Waals surface area contributed by atoms with E-state index in [9.17, 15) is 14.9 Å². The molecule has 1 amide bonds. The Morgan fingerprint density at radius 3 is 2.59 bits per heavy atom. The lowest BCUT2D eigenvalue weighted by Gasteiger charge is -2.26. The fourth-order valence-corrected chi connectivity index (χ4v) is 2.77. The zero-order chi connectivity index (χ0) is 19.1. The largest absolute Gasteiger partial charge is 0.379 e. The number of carbonyl (C=O) groups is 1. The molecule has 1 heterocycles. The van der Waals surface area contributed by atoms with Crippen molar-refractivity contribution in [3.05, 3.63) is 75.3 Å². The van der Waals surface area contributed by atoms with Gasteiger partial charge in [0.1, 0.15) is 0 Å². The molecule has 0 spiro atoms. The molecule has 0 atom stereocenters. The van der Waals surface area contributed by atoms with Crippen molar-refractivity contribution in [2.75, 3.05) is 26.3 Å². The van der Waals surface area contributed by atoms with Crippen molar-refractivity contribution in [1.29, 1.82) is 0 Å². The third-order valence-electron chi connectivity index (χ3n) is 4.23. The van der Waals surface area contributed by atoms with Crippen LogP contribution in [0.15, 0.2) is 53.6 Å². The Labute approximate surface area is 156 Å². The quantitative estimate of drug-likeness (QED) is 0.479. The van der Waals surface area contributed by atoms with Gasteiger partial charge in [-0.3, -0.25) is 19.8 Å². The molecule has 1 N–H and O–H groups in total. The predicted molar refractivity (Wildman–Crippen MR) is 101 cm³/mol. The number of nitro benzene ring substituents is 1. The monoisotopic (exact) mass is 368 g/mol. The number of morpholine rings is 1. The lowest BCUT2D eigenvalue weighted by Crippen LogP contribution is -2.35. The van der Waals surface area contributed by atoms with E-state index in [1.807, 2.05) is 12.1 Å². The first kappa shape index (κ1) is 18.7. The fraction of sp³-hybridized carbons (Fsp3) is 0.263. The Morgan fingerprint density at radius 2 is 1.89 bits per heavy atom. The number of nitro groups is 1. The Balaban J connectivity index is 1.57. The van der Waals surface area contributed by atoms with Crippen LogP contribution in [0.25, 0.3) is 0 Å². The summed E-state index contributed by atoms with van der Waals surface area (Å²) in [5.74, 6) is -0.372. The van der Waals surface area contributed by atoms with Gasteiger partial charge in [0.2, 0.25) is 0 Å². The summed E-state index contributed by atoms with van der Waals surface area (Å²) in [6, 6.07) is 13.5. The molecule has 0 saturated carbocycles. The van der Waals surface area contributed by atoms with Gasteiger partial charge in [-0.25, -0.2) is 5.43 Å². The minimum atomic E-state index is -0.490. The average molecular weight is 368 g/mol. The van der Waals surface area contributed by atoms with E-state index in [0.717, 1.165) is 38.4 Å². The maximum atomic E-state index is 12.2. The highest BCUT2D eigenvalue weighted by Crippen LogP contribution is 2.15. The zero-order valence-electron chi connectivity index (χ0n) is 14.7. The summed E-state index contributed by atoms with van der Waals surface area (Å²) in [5.41, 5.74) is 4.25. The van der Waals surface area contributed by atoms with Gasteiger partial charge >= 0.3 is 0 Å². The van der Waals surface area contributed by atoms with Gasteiger partial charge in [-0.05, 0) is 23.8 Å². The van der Waals surface area contributed by atoms with Crippen LogP contribution in [-0.2, 0) is 11.3 Å². The van der Waals surface area contributed by atoms with Crippen LogP contribution in [0.1, 0.15) is 21.5 Å². The number of benzene rings is 2. The van der Waals surface area contributed by atoms with E-state index in [0.29, 0.717) is 11.1 Å². The van der Waals surface area contributed by atoms with Gasteiger partial charge in [0, 0.05) is 31.3 Å². The number of nitrogens with one attached hydrogen (secondary N) is 1. The van der Waals surface area contributed by atoms with Crippen LogP contribution in [0.3, 0.4) is 0 Å². The molecule has 0 aliphatic carbocycles. The Bertz CT molecular complexity index is 830. The molecule has 0 aromatic heterocycles. The average Bonchev–Trinajstić information content (AvgIpc) is 2.69. The summed E-state index contributed by atoms with van der Waals surface area (Å²) < 4.78 is 5.33. The van der Waals surface area contributed by atoms with Gasteiger partial charge in [0.15, 0.2) is 0 Å². The molecule has 1 aliphatic heterocycles. The molecule has 0 unspecified atom stereocenters. The standard InChI is InChI=1S/C19H20N4O4/c24-19(21-20-13-17-3-1-2-4-18(17)23(25)26)16-7-5-15(6-8-16)14-22-9-11-27-12-10-22/h1-8,13H,9-12,14H2,(H,21,24)/b20-13-. The SMILES string of the molecule is O=C(N/N=C\c1ccccc1[N+](=O)[O-])c1ccc(CN2CCOCC2)cc1. The summed E-state index contributed by atoms with van der Waals surface area (Å²) in [4.78, 5) is 24.9. The molecular weight excluding hydrogens is 348 g/mol. The summed E-state index contributed by atoms with van der Waals surface area (Å²) in [6.45, 7) is 4.13. The van der Waals surface area contributed by atoms with Crippen LogP contribution in [0.2, 0.25) is 0 Å². The van der Waals surface area contributed by atoms with E-state index in [2.05, 4.69) is 15.4 Å². The van der Waals surface area contributed by atoms with Crippen molar-refractivity contribution in [3.8, 4) is 0 Å². The van der Waals surface area contributed by atoms with Gasteiger partial charge in [-0.2, -0.15) is 5.10 Å². The van der Waals surface area contributed by atoms with Crippen molar-refractivity contribution < 1.29 is 14.5 Å². The number of hydrogen-bond donors (Lipinski definition) is 1. The van der Waals surface area contributed by atoms with Gasteiger partial charge in [0.05, 0.1) is 29.9 Å². The maximum absolute atomic E-state index is 12.2. The van der Waals surface area contributed by atoms with E-state index in [1.54, 1.807) is 30.3 Å². The van der Waals surface area contributed by atoms with E-state index in [4.69, 9.17) is 4.74 Å². The molecule has 3 rings (SSSR count). The van der Waals surface area contributed by atoms with Gasteiger partial charge in [0.25, 0.3) is 11.6 Å². The second-order valence-electron chi connectivity index (χ2n) is 6.10. The Hall–Kier alpha value is -3.10. The number of rotatable bonds is 6. The van der Waals surface area contributed by atoms with E-state index in [1.165, 1.54) is 12.3 Å². The van der Waals surface area contributed by atoms with Crippen LogP contribution in [0, 0.1) is 10.1 Å². The van der Waals surface area contributed by atoms with E-state index in [-0.39, 0.29) is 11.6 Å². The minimum Gasteiger partial charge on any atom is -0.379 e. The molecule has 2 aromatic carbocycles. The molecule has 0 bridgehead atoms. The molecule has 2 aromatic rings. The smallest absolute Gasteiger partial charge is 0.278 e. The highest BCUT2D eigenvalue weighted by molar-refractivity contribution is 5.95. The normalized spacial score (nSPS) is 15.0. The van der Waals surface area contributed by atoms with Crippen molar-refractivity contribution in [2.45, 2.75) is 6.54 Å². The number of nitrogens with zero attached hydrogens (tertiary/aromatic N) is 3. The van der Waals surface area contributed by atoms with Crippen molar-refractivity contribution in [3.63, 3.8) is 0 Å². The van der Waals surface area contributed by atoms with Crippen molar-refractivity contribution >= 4 is 17.8 Å². The highest BCUT2D eigenvalue weighted by atomic mass is 16.6. The maximum Gasteiger partial charge on any atom is 0.278 e. The number of para-hydroxylation sites is 1. The summed E-state index contributed by atoms with van der Waals surface area (Å²) >= 11 is 0. The molecule has 1 saturated heterocycles. The van der Waals surface area contributed by atoms with Crippen LogP contribution < -0.4 is 5.43 Å². The third kappa shape index (κ3) is 5.19. The number of hydrazone groups is 1. The summed E-state index contributed by atoms with van der Waals surface area (Å²) in [5, 5.41) is 14.8.